The number of aryl methyl sites for hydroxylation is 1. The summed E-state index contributed by atoms with van der Waals surface area (Å²) in [7, 11) is 0. The fourth-order valence-corrected chi connectivity index (χ4v) is 2.67. The Morgan fingerprint density at radius 3 is 2.79 bits per heavy atom. The van der Waals surface area contributed by atoms with E-state index >= 15 is 0 Å². The van der Waals surface area contributed by atoms with Crippen LogP contribution in [0.4, 0.5) is 0 Å². The number of ether oxygens (including phenoxy) is 1. The molecule has 2 aromatic rings. The van der Waals surface area contributed by atoms with Gasteiger partial charge in [0.15, 0.2) is 0 Å². The van der Waals surface area contributed by atoms with Crippen LogP contribution in [0.25, 0.3) is 11.1 Å². The van der Waals surface area contributed by atoms with Crippen molar-refractivity contribution in [2.24, 2.45) is 0 Å². The number of aldehydes is 1. The van der Waals surface area contributed by atoms with Crippen LogP contribution in [0.2, 0.25) is 0 Å². The first-order chi connectivity index (χ1) is 9.17. The summed E-state index contributed by atoms with van der Waals surface area (Å²) in [4.78, 5) is 10.8. The molecule has 0 saturated carbocycles. The predicted molar refractivity (Wildman–Crippen MR) is 75.8 cm³/mol. The molecule has 19 heavy (non-hydrogen) atoms. The van der Waals surface area contributed by atoms with Crippen LogP contribution >= 0.6 is 0 Å². The van der Waals surface area contributed by atoms with Crippen molar-refractivity contribution in [3.63, 3.8) is 0 Å². The Labute approximate surface area is 113 Å². The van der Waals surface area contributed by atoms with Gasteiger partial charge in [-0.15, -0.1) is 0 Å². The van der Waals surface area contributed by atoms with E-state index in [-0.39, 0.29) is 6.10 Å². The zero-order valence-electron chi connectivity index (χ0n) is 11.1. The number of hydrogen-bond acceptors (Lipinski definition) is 2. The van der Waals surface area contributed by atoms with Gasteiger partial charge in [-0.2, -0.15) is 0 Å². The molecule has 0 aliphatic carbocycles. The van der Waals surface area contributed by atoms with Crippen molar-refractivity contribution in [1.29, 1.82) is 0 Å². The average molecular weight is 252 g/mol. The summed E-state index contributed by atoms with van der Waals surface area (Å²) >= 11 is 0. The summed E-state index contributed by atoms with van der Waals surface area (Å²) < 4.78 is 5.72. The van der Waals surface area contributed by atoms with Crippen molar-refractivity contribution >= 4 is 6.29 Å². The van der Waals surface area contributed by atoms with Crippen molar-refractivity contribution in [3.05, 3.63) is 53.1 Å². The van der Waals surface area contributed by atoms with E-state index in [4.69, 9.17) is 4.74 Å². The number of hydrogen-bond donors (Lipinski definition) is 0. The monoisotopic (exact) mass is 252 g/mol. The fraction of sp³-hybridized carbons (Fsp3) is 0.235. The van der Waals surface area contributed by atoms with Crippen molar-refractivity contribution in [3.8, 4) is 16.9 Å². The zero-order valence-corrected chi connectivity index (χ0v) is 11.1. The van der Waals surface area contributed by atoms with Gasteiger partial charge in [-0.1, -0.05) is 18.2 Å². The standard InChI is InChI=1S/C17H16O2/c1-11-7-13(10-18)3-5-16(11)14-4-6-17-15(9-14)8-12(2)19-17/h3-7,9-10,12H,8H2,1-2H3. The number of carbonyl (C=O) groups is 1. The van der Waals surface area contributed by atoms with Gasteiger partial charge in [0.25, 0.3) is 0 Å². The molecule has 2 aromatic carbocycles. The molecular formula is C17H16O2. The molecule has 3 rings (SSSR count). The van der Waals surface area contributed by atoms with Crippen molar-refractivity contribution in [2.45, 2.75) is 26.4 Å². The van der Waals surface area contributed by atoms with E-state index in [1.54, 1.807) is 0 Å². The first kappa shape index (κ1) is 12.0. The van der Waals surface area contributed by atoms with Crippen molar-refractivity contribution in [2.75, 3.05) is 0 Å². The lowest BCUT2D eigenvalue weighted by atomic mass is 9.96. The van der Waals surface area contributed by atoms with E-state index < -0.39 is 0 Å². The maximum absolute atomic E-state index is 10.8. The van der Waals surface area contributed by atoms with E-state index in [9.17, 15) is 4.79 Å². The van der Waals surface area contributed by atoms with Crippen LogP contribution in [0.3, 0.4) is 0 Å². The minimum atomic E-state index is 0.267. The van der Waals surface area contributed by atoms with Gasteiger partial charge in [0.05, 0.1) is 0 Å². The third kappa shape index (κ3) is 2.14. The molecule has 0 aromatic heterocycles. The van der Waals surface area contributed by atoms with Gasteiger partial charge in [-0.3, -0.25) is 4.79 Å². The average Bonchev–Trinajstić information content (AvgIpc) is 2.77. The van der Waals surface area contributed by atoms with Crippen LogP contribution in [0, 0.1) is 6.92 Å². The van der Waals surface area contributed by atoms with E-state index in [2.05, 4.69) is 19.1 Å². The topological polar surface area (TPSA) is 26.3 Å². The number of fused-ring (bicyclic) bond motifs is 1. The summed E-state index contributed by atoms with van der Waals surface area (Å²) in [5.41, 5.74) is 5.47. The van der Waals surface area contributed by atoms with Crippen LogP contribution in [0.1, 0.15) is 28.4 Å². The predicted octanol–water partition coefficient (Wildman–Crippen LogP) is 3.80. The zero-order chi connectivity index (χ0) is 13.4. The van der Waals surface area contributed by atoms with Crippen molar-refractivity contribution in [1.82, 2.24) is 0 Å². The maximum atomic E-state index is 10.8. The molecule has 2 nitrogen and oxygen atoms in total. The Bertz CT molecular complexity index is 644. The second-order valence-electron chi connectivity index (χ2n) is 5.15. The summed E-state index contributed by atoms with van der Waals surface area (Å²) in [6.45, 7) is 4.12. The van der Waals surface area contributed by atoms with Gasteiger partial charge in [-0.05, 0) is 54.3 Å². The lowest BCUT2D eigenvalue weighted by Gasteiger charge is -2.08. The van der Waals surface area contributed by atoms with Gasteiger partial charge >= 0.3 is 0 Å². The third-order valence-electron chi connectivity index (χ3n) is 3.59. The fourth-order valence-electron chi connectivity index (χ4n) is 2.67. The molecule has 0 saturated heterocycles. The number of carbonyl (C=O) groups excluding carboxylic acids is 1. The smallest absolute Gasteiger partial charge is 0.150 e. The molecule has 0 bridgehead atoms. The van der Waals surface area contributed by atoms with Gasteiger partial charge < -0.3 is 4.74 Å². The highest BCUT2D eigenvalue weighted by atomic mass is 16.5. The van der Waals surface area contributed by atoms with Crippen LogP contribution in [0.15, 0.2) is 36.4 Å². The molecular weight excluding hydrogens is 236 g/mol. The van der Waals surface area contributed by atoms with Gasteiger partial charge in [0, 0.05) is 12.0 Å². The van der Waals surface area contributed by atoms with Crippen LogP contribution in [-0.2, 0) is 6.42 Å². The summed E-state index contributed by atoms with van der Waals surface area (Å²) in [6.07, 6.45) is 2.12. The molecule has 1 heterocycles. The molecule has 2 heteroatoms. The molecule has 0 radical (unpaired) electrons. The largest absolute Gasteiger partial charge is 0.490 e. The van der Waals surface area contributed by atoms with E-state index in [0.717, 1.165) is 29.6 Å². The SMILES string of the molecule is Cc1cc(C=O)ccc1-c1ccc2c(c1)CC(C)O2. The molecule has 1 atom stereocenters. The molecule has 0 N–H and O–H groups in total. The molecule has 1 aliphatic heterocycles. The quantitative estimate of drug-likeness (QED) is 0.760. The third-order valence-corrected chi connectivity index (χ3v) is 3.59. The first-order valence-electron chi connectivity index (χ1n) is 6.53. The maximum Gasteiger partial charge on any atom is 0.150 e. The lowest BCUT2D eigenvalue weighted by molar-refractivity contribution is 0.112. The Morgan fingerprint density at radius 1 is 1.21 bits per heavy atom. The highest BCUT2D eigenvalue weighted by molar-refractivity contribution is 5.79. The van der Waals surface area contributed by atoms with Gasteiger partial charge in [0.1, 0.15) is 18.1 Å². The Balaban J connectivity index is 2.04. The minimum absolute atomic E-state index is 0.267. The molecule has 96 valence electrons. The van der Waals surface area contributed by atoms with Crippen LogP contribution in [0.5, 0.6) is 5.75 Å². The highest BCUT2D eigenvalue weighted by Crippen LogP contribution is 2.33. The Kier molecular flexibility index (Phi) is 2.86. The normalized spacial score (nSPS) is 16.8. The Morgan fingerprint density at radius 2 is 2.05 bits per heavy atom. The summed E-state index contributed by atoms with van der Waals surface area (Å²) in [6, 6.07) is 12.1. The highest BCUT2D eigenvalue weighted by Gasteiger charge is 2.19. The minimum Gasteiger partial charge on any atom is -0.490 e. The van der Waals surface area contributed by atoms with Crippen LogP contribution in [-0.4, -0.2) is 12.4 Å². The molecule has 0 fully saturated rings. The second-order valence-corrected chi connectivity index (χ2v) is 5.15. The van der Waals surface area contributed by atoms with Crippen molar-refractivity contribution < 1.29 is 9.53 Å². The number of benzene rings is 2. The molecule has 1 aliphatic rings. The summed E-state index contributed by atoms with van der Waals surface area (Å²) in [5.74, 6) is 0.999. The molecule has 0 amide bonds. The van der Waals surface area contributed by atoms with Crippen LogP contribution < -0.4 is 4.74 Å². The second kappa shape index (κ2) is 4.54. The summed E-state index contributed by atoms with van der Waals surface area (Å²) in [5, 5.41) is 0. The lowest BCUT2D eigenvalue weighted by Crippen LogP contribution is -2.05. The first-order valence-corrected chi connectivity index (χ1v) is 6.53. The number of rotatable bonds is 2. The molecule has 0 spiro atoms. The molecule has 1 unspecified atom stereocenters. The van der Waals surface area contributed by atoms with Gasteiger partial charge in [-0.25, -0.2) is 0 Å². The Hall–Kier alpha value is -2.09. The van der Waals surface area contributed by atoms with E-state index in [1.807, 2.05) is 31.2 Å². The van der Waals surface area contributed by atoms with Gasteiger partial charge in [0.2, 0.25) is 0 Å². The van der Waals surface area contributed by atoms with E-state index in [0.29, 0.717) is 0 Å². The van der Waals surface area contributed by atoms with E-state index in [1.165, 1.54) is 16.7 Å².